The molecule has 3 aromatic rings. The molecule has 7 atom stereocenters. The molecule has 7 heterocycles. The molecule has 0 aliphatic carbocycles. The number of piperazine rings is 1. The number of phenolic OH excluding ortho intramolecular Hbond substituents is 2. The van der Waals surface area contributed by atoms with Crippen LogP contribution in [0.25, 0.3) is 0 Å². The van der Waals surface area contributed by atoms with Crippen molar-refractivity contribution in [2.45, 2.75) is 74.6 Å². The number of ether oxygens (including phenoxy) is 6. The summed E-state index contributed by atoms with van der Waals surface area (Å²) in [7, 11) is 4.99. The van der Waals surface area contributed by atoms with Crippen LogP contribution in [0.4, 0.5) is 0 Å². The van der Waals surface area contributed by atoms with Gasteiger partial charge in [0.15, 0.2) is 40.0 Å². The first kappa shape index (κ1) is 35.8. The minimum atomic E-state index is -1.36. The average molecular weight is 771 g/mol. The predicted octanol–water partition coefficient (Wildman–Crippen LogP) is 3.99. The van der Waals surface area contributed by atoms with E-state index < -0.39 is 46.9 Å². The third kappa shape index (κ3) is 4.90. The molecule has 4 bridgehead atoms. The third-order valence-electron chi connectivity index (χ3n) is 12.4. The largest absolute Gasteiger partial charge is 0.504 e. The van der Waals surface area contributed by atoms with Gasteiger partial charge in [0.25, 0.3) is 0 Å². The SMILES string of the molecule is COc1cc2c(cc1O)CCN[C@]21CS[C@H]2c3c(OC(C)=O)c(C)c4c(c3[C@H](COC1=O)N1[C@@H]2[C@H]2c3c(cc(C)c(OC)c3O)C[C@@H]([C@@H]1C#N)N2C)OCO4. The normalized spacial score (nSPS) is 28.9. The summed E-state index contributed by atoms with van der Waals surface area (Å²) in [5.74, 6) is 0.973. The van der Waals surface area contributed by atoms with Crippen LogP contribution in [0.1, 0.15) is 68.8 Å². The first-order valence-electron chi connectivity index (χ1n) is 18.3. The van der Waals surface area contributed by atoms with E-state index in [2.05, 4.69) is 21.2 Å². The zero-order chi connectivity index (χ0) is 38.7. The lowest BCUT2D eigenvalue weighted by Gasteiger charge is -2.62. The van der Waals surface area contributed by atoms with E-state index in [1.807, 2.05) is 27.0 Å². The van der Waals surface area contributed by atoms with Crippen molar-refractivity contribution in [1.82, 2.24) is 15.1 Å². The fraction of sp³-hybridized carbons (Fsp3) is 0.475. The highest BCUT2D eigenvalue weighted by atomic mass is 32.2. The number of phenols is 2. The predicted molar refractivity (Wildman–Crippen MR) is 198 cm³/mol. The highest BCUT2D eigenvalue weighted by Crippen LogP contribution is 2.64. The number of methoxy groups -OCH3 is 2. The van der Waals surface area contributed by atoms with Crippen LogP contribution < -0.4 is 29.0 Å². The van der Waals surface area contributed by atoms with E-state index in [4.69, 9.17) is 28.4 Å². The van der Waals surface area contributed by atoms with Gasteiger partial charge >= 0.3 is 11.9 Å². The van der Waals surface area contributed by atoms with Crippen LogP contribution in [0.15, 0.2) is 18.2 Å². The van der Waals surface area contributed by atoms with Crippen molar-refractivity contribution in [3.63, 3.8) is 0 Å². The summed E-state index contributed by atoms with van der Waals surface area (Å²) in [6.07, 6.45) is 1.05. The summed E-state index contributed by atoms with van der Waals surface area (Å²) >= 11 is 1.48. The molecule has 55 heavy (non-hydrogen) atoms. The van der Waals surface area contributed by atoms with Gasteiger partial charge in [-0.3, -0.25) is 19.9 Å². The summed E-state index contributed by atoms with van der Waals surface area (Å²) in [5.41, 5.74) is 4.41. The Morgan fingerprint density at radius 3 is 2.56 bits per heavy atom. The summed E-state index contributed by atoms with van der Waals surface area (Å²) in [6.45, 7) is 5.28. The van der Waals surface area contributed by atoms with Crippen LogP contribution in [-0.4, -0.2) is 97.0 Å². The van der Waals surface area contributed by atoms with E-state index in [9.17, 15) is 25.1 Å². The summed E-state index contributed by atoms with van der Waals surface area (Å²) < 4.78 is 36.1. The summed E-state index contributed by atoms with van der Waals surface area (Å²) in [5, 5.41) is 36.9. The van der Waals surface area contributed by atoms with Crippen LogP contribution >= 0.6 is 11.8 Å². The molecule has 0 saturated carbocycles. The zero-order valence-electron chi connectivity index (χ0n) is 31.3. The second kappa shape index (κ2) is 12.8. The third-order valence-corrected chi connectivity index (χ3v) is 13.9. The number of hydrogen-bond acceptors (Lipinski definition) is 15. The Morgan fingerprint density at radius 2 is 1.84 bits per heavy atom. The molecule has 2 fully saturated rings. The van der Waals surface area contributed by atoms with Crippen LogP contribution in [0, 0.1) is 25.2 Å². The molecule has 1 spiro atoms. The number of hydrogen-bond donors (Lipinski definition) is 3. The van der Waals surface area contributed by atoms with Crippen molar-refractivity contribution in [2.75, 3.05) is 47.0 Å². The molecule has 0 radical (unpaired) electrons. The Hall–Kier alpha value is -4.88. The van der Waals surface area contributed by atoms with Gasteiger partial charge in [0.05, 0.1) is 37.6 Å². The minimum Gasteiger partial charge on any atom is -0.504 e. The van der Waals surface area contributed by atoms with Gasteiger partial charge in [-0.15, -0.1) is 11.8 Å². The molecule has 0 amide bonds. The minimum absolute atomic E-state index is 0.0239. The first-order chi connectivity index (χ1) is 26.4. The lowest BCUT2D eigenvalue weighted by Crippen LogP contribution is -2.69. The van der Waals surface area contributed by atoms with E-state index in [-0.39, 0.29) is 42.4 Å². The van der Waals surface area contributed by atoms with E-state index in [1.54, 1.807) is 12.1 Å². The van der Waals surface area contributed by atoms with E-state index in [0.717, 1.165) is 16.7 Å². The van der Waals surface area contributed by atoms with Gasteiger partial charge in [0.1, 0.15) is 18.4 Å². The van der Waals surface area contributed by atoms with E-state index in [0.29, 0.717) is 70.2 Å². The van der Waals surface area contributed by atoms with Crippen LogP contribution in [0.5, 0.6) is 40.2 Å². The first-order valence-corrected chi connectivity index (χ1v) is 19.4. The fourth-order valence-corrected chi connectivity index (χ4v) is 11.9. The molecule has 3 N–H and O–H groups in total. The molecule has 288 valence electrons. The summed E-state index contributed by atoms with van der Waals surface area (Å²) in [4.78, 5) is 32.0. The van der Waals surface area contributed by atoms with Gasteiger partial charge in [0, 0.05) is 53.6 Å². The Kier molecular flexibility index (Phi) is 8.36. The number of carbonyl (C=O) groups excluding carboxylic acids is 2. The molecular formula is C40H42N4O10S. The van der Waals surface area contributed by atoms with Crippen molar-refractivity contribution in [1.29, 1.82) is 5.26 Å². The van der Waals surface area contributed by atoms with Gasteiger partial charge in [-0.2, -0.15) is 5.26 Å². The van der Waals surface area contributed by atoms with Gasteiger partial charge in [-0.25, -0.2) is 4.79 Å². The smallest absolute Gasteiger partial charge is 0.331 e. The Balaban J connectivity index is 1.33. The Morgan fingerprint density at radius 1 is 1.05 bits per heavy atom. The van der Waals surface area contributed by atoms with E-state index >= 15 is 0 Å². The standard InChI is InChI=1S/C40H42N4O10S/c1-17-9-21-10-23-24(13-41)44-25-14-51-39(48)40(22-12-27(49-5)26(46)11-20(22)7-8-42-40)15-55-38(32(44)31(43(23)4)28(21)33(47)34(17)50-6)30-29(25)37-36(52-16-53-37)18(2)35(30)54-19(3)45/h9,11-12,23-25,31-32,38,42,46-47H,7-8,10,14-16H2,1-6H3/t23-,24-,25-,31+,32+,38-,40+/m0/s1. The number of aryl methyl sites for hydroxylation is 1. The summed E-state index contributed by atoms with van der Waals surface area (Å²) in [6, 6.07) is 5.28. The van der Waals surface area contributed by atoms with Gasteiger partial charge < -0.3 is 38.6 Å². The van der Waals surface area contributed by atoms with Crippen molar-refractivity contribution in [2.24, 2.45) is 0 Å². The van der Waals surface area contributed by atoms with Crippen LogP contribution in [0.3, 0.4) is 0 Å². The monoisotopic (exact) mass is 770 g/mol. The molecule has 3 aromatic carbocycles. The fourth-order valence-electron chi connectivity index (χ4n) is 10.2. The lowest BCUT2D eigenvalue weighted by molar-refractivity contribution is -0.157. The molecule has 7 aliphatic heterocycles. The lowest BCUT2D eigenvalue weighted by atomic mass is 9.71. The number of esters is 2. The number of nitrogens with one attached hydrogen (secondary N) is 1. The second-order valence-electron chi connectivity index (χ2n) is 15.1. The molecule has 2 saturated heterocycles. The molecule has 14 nitrogen and oxygen atoms in total. The highest BCUT2D eigenvalue weighted by Gasteiger charge is 2.62. The number of aromatic hydroxyl groups is 2. The molecule has 7 aliphatic rings. The number of fused-ring (bicyclic) bond motifs is 9. The topological polar surface area (TPSA) is 172 Å². The number of nitriles is 1. The maximum atomic E-state index is 14.7. The molecular weight excluding hydrogens is 729 g/mol. The number of carbonyl (C=O) groups is 2. The van der Waals surface area contributed by atoms with Crippen molar-refractivity contribution in [3.8, 4) is 46.3 Å². The van der Waals surface area contributed by atoms with E-state index in [1.165, 1.54) is 32.9 Å². The van der Waals surface area contributed by atoms with Crippen molar-refractivity contribution >= 4 is 23.7 Å². The molecule has 0 aromatic heterocycles. The Bertz CT molecular complexity index is 2220. The van der Waals surface area contributed by atoms with Gasteiger partial charge in [0.2, 0.25) is 6.79 Å². The average Bonchev–Trinajstić information content (AvgIpc) is 3.65. The zero-order valence-corrected chi connectivity index (χ0v) is 32.2. The molecule has 0 unspecified atom stereocenters. The second-order valence-corrected chi connectivity index (χ2v) is 16.2. The number of thioether (sulfide) groups is 1. The molecule has 10 rings (SSSR count). The number of benzene rings is 3. The molecule has 15 heteroatoms. The highest BCUT2D eigenvalue weighted by molar-refractivity contribution is 7.99. The maximum absolute atomic E-state index is 14.7. The Labute approximate surface area is 322 Å². The van der Waals surface area contributed by atoms with Crippen molar-refractivity contribution < 1.29 is 48.2 Å². The number of likely N-dealkylation sites (N-methyl/N-ethyl adjacent to an activating group) is 1. The maximum Gasteiger partial charge on any atom is 0.331 e. The van der Waals surface area contributed by atoms with Crippen molar-refractivity contribution in [3.05, 3.63) is 62.7 Å². The van der Waals surface area contributed by atoms with Crippen LogP contribution in [0.2, 0.25) is 0 Å². The number of nitrogens with zero attached hydrogens (tertiary/aromatic N) is 3. The van der Waals surface area contributed by atoms with Gasteiger partial charge in [-0.1, -0.05) is 6.07 Å². The van der Waals surface area contributed by atoms with Crippen LogP contribution in [-0.2, 0) is 32.7 Å². The van der Waals surface area contributed by atoms with Gasteiger partial charge in [-0.05, 0) is 68.1 Å². The number of rotatable bonds is 3. The quantitative estimate of drug-likeness (QED) is 0.258.